The number of amides is 1. The average molecular weight is 417 g/mol. The predicted molar refractivity (Wildman–Crippen MR) is 109 cm³/mol. The van der Waals surface area contributed by atoms with Crippen molar-refractivity contribution < 1.29 is 9.53 Å². The lowest BCUT2D eigenvalue weighted by Gasteiger charge is -2.33. The van der Waals surface area contributed by atoms with E-state index in [2.05, 4.69) is 27.5 Å². The third-order valence-corrected chi connectivity index (χ3v) is 5.29. The largest absolute Gasteiger partial charge is 0.417 e. The van der Waals surface area contributed by atoms with Crippen LogP contribution in [-0.4, -0.2) is 34.8 Å². The summed E-state index contributed by atoms with van der Waals surface area (Å²) >= 11 is 12.7. The number of H-pyrrole nitrogens is 1. The van der Waals surface area contributed by atoms with Gasteiger partial charge in [0.15, 0.2) is 5.75 Å². The van der Waals surface area contributed by atoms with Crippen LogP contribution in [0.4, 0.5) is 10.5 Å². The van der Waals surface area contributed by atoms with Crippen molar-refractivity contribution in [3.05, 3.63) is 75.5 Å². The highest BCUT2D eigenvalue weighted by Crippen LogP contribution is 2.38. The topological polar surface area (TPSA) is 70.2 Å². The van der Waals surface area contributed by atoms with E-state index in [1.807, 2.05) is 30.3 Å². The maximum atomic E-state index is 11.9. The fourth-order valence-corrected chi connectivity index (χ4v) is 4.04. The van der Waals surface area contributed by atoms with Crippen molar-refractivity contribution in [3.8, 4) is 5.75 Å². The second-order valence-electron chi connectivity index (χ2n) is 6.78. The van der Waals surface area contributed by atoms with Crippen molar-refractivity contribution >= 4 is 35.0 Å². The predicted octanol–water partition coefficient (Wildman–Crippen LogP) is 4.90. The monoisotopic (exact) mass is 416 g/mol. The number of carbonyl (C=O) groups is 1. The second-order valence-corrected chi connectivity index (χ2v) is 7.62. The Morgan fingerprint density at radius 3 is 2.79 bits per heavy atom. The first-order valence-electron chi connectivity index (χ1n) is 8.73. The normalized spacial score (nSPS) is 16.5. The molecule has 0 saturated carbocycles. The first kappa shape index (κ1) is 18.8. The van der Waals surface area contributed by atoms with Crippen LogP contribution in [0.5, 0.6) is 5.75 Å². The third-order valence-electron chi connectivity index (χ3n) is 4.74. The van der Waals surface area contributed by atoms with Crippen LogP contribution < -0.4 is 10.1 Å². The smallest absolute Gasteiger partial charge is 0.407 e. The molecule has 1 aromatic heterocycles. The zero-order chi connectivity index (χ0) is 19.7. The number of ether oxygens (including phenoxy) is 1. The number of fused-ring (bicyclic) bond motifs is 1. The highest BCUT2D eigenvalue weighted by molar-refractivity contribution is 6.35. The summed E-state index contributed by atoms with van der Waals surface area (Å²) < 4.78 is 5.11. The SMILES string of the molecule is CN1Cc2c(Cl)cc(Cl)cc2C(c2ccc(NC(=O)Oc3cn[nH]c3)cc2)C1. The van der Waals surface area contributed by atoms with Gasteiger partial charge in [-0.25, -0.2) is 4.79 Å². The van der Waals surface area contributed by atoms with Crippen LogP contribution in [0.1, 0.15) is 22.6 Å². The molecule has 1 amide bonds. The Hall–Kier alpha value is -2.54. The summed E-state index contributed by atoms with van der Waals surface area (Å²) in [6, 6.07) is 11.5. The molecule has 1 atom stereocenters. The van der Waals surface area contributed by atoms with E-state index in [0.717, 1.165) is 29.8 Å². The molecule has 4 rings (SSSR count). The van der Waals surface area contributed by atoms with E-state index in [1.165, 1.54) is 12.4 Å². The van der Waals surface area contributed by atoms with Gasteiger partial charge in [-0.1, -0.05) is 35.3 Å². The number of benzene rings is 2. The molecule has 0 spiro atoms. The zero-order valence-electron chi connectivity index (χ0n) is 15.1. The number of aromatic nitrogens is 2. The summed E-state index contributed by atoms with van der Waals surface area (Å²) in [6.07, 6.45) is 2.35. The van der Waals surface area contributed by atoms with Gasteiger partial charge in [0.25, 0.3) is 0 Å². The molecule has 1 aliphatic rings. The lowest BCUT2D eigenvalue weighted by Crippen LogP contribution is -2.31. The Kier molecular flexibility index (Phi) is 5.26. The molecule has 0 bridgehead atoms. The molecule has 6 nitrogen and oxygen atoms in total. The van der Waals surface area contributed by atoms with E-state index >= 15 is 0 Å². The fourth-order valence-electron chi connectivity index (χ4n) is 3.47. The maximum Gasteiger partial charge on any atom is 0.417 e. The number of hydrogen-bond acceptors (Lipinski definition) is 4. The molecule has 0 aliphatic carbocycles. The number of anilines is 1. The minimum atomic E-state index is -0.574. The van der Waals surface area contributed by atoms with E-state index in [9.17, 15) is 4.79 Å². The molecule has 1 unspecified atom stereocenters. The molecular formula is C20H18Cl2N4O2. The molecule has 3 aromatic rings. The van der Waals surface area contributed by atoms with Gasteiger partial charge < -0.3 is 9.64 Å². The number of hydrogen-bond donors (Lipinski definition) is 2. The highest BCUT2D eigenvalue weighted by Gasteiger charge is 2.27. The molecule has 2 aromatic carbocycles. The number of nitrogens with zero attached hydrogens (tertiary/aromatic N) is 2. The van der Waals surface area contributed by atoms with E-state index in [4.69, 9.17) is 27.9 Å². The summed E-state index contributed by atoms with van der Waals surface area (Å²) in [5, 5.41) is 10.3. The molecule has 0 radical (unpaired) electrons. The summed E-state index contributed by atoms with van der Waals surface area (Å²) in [5.41, 5.74) is 4.03. The lowest BCUT2D eigenvalue weighted by atomic mass is 9.85. The number of rotatable bonds is 3. The molecule has 0 saturated heterocycles. The van der Waals surface area contributed by atoms with Crippen LogP contribution in [-0.2, 0) is 6.54 Å². The molecular weight excluding hydrogens is 399 g/mol. The van der Waals surface area contributed by atoms with Gasteiger partial charge in [-0.05, 0) is 48.0 Å². The minimum absolute atomic E-state index is 0.150. The summed E-state index contributed by atoms with van der Waals surface area (Å²) in [5.74, 6) is 0.501. The number of aromatic amines is 1. The van der Waals surface area contributed by atoms with Crippen LogP contribution in [0.3, 0.4) is 0 Å². The Balaban J connectivity index is 1.54. The first-order valence-corrected chi connectivity index (χ1v) is 9.49. The molecule has 0 fully saturated rings. The fraction of sp³-hybridized carbons (Fsp3) is 0.200. The van der Waals surface area contributed by atoms with Crippen molar-refractivity contribution in [2.24, 2.45) is 0 Å². The Bertz CT molecular complexity index is 990. The van der Waals surface area contributed by atoms with Crippen molar-refractivity contribution in [2.45, 2.75) is 12.5 Å². The number of halogens is 2. The zero-order valence-corrected chi connectivity index (χ0v) is 16.6. The highest BCUT2D eigenvalue weighted by atomic mass is 35.5. The van der Waals surface area contributed by atoms with E-state index in [-0.39, 0.29) is 5.92 Å². The van der Waals surface area contributed by atoms with Crippen LogP contribution in [0.15, 0.2) is 48.8 Å². The van der Waals surface area contributed by atoms with E-state index < -0.39 is 6.09 Å². The van der Waals surface area contributed by atoms with Gasteiger partial charge >= 0.3 is 6.09 Å². The van der Waals surface area contributed by atoms with Gasteiger partial charge in [0.05, 0.1) is 12.4 Å². The summed E-state index contributed by atoms with van der Waals surface area (Å²) in [4.78, 5) is 14.2. The van der Waals surface area contributed by atoms with Gasteiger partial charge in [-0.15, -0.1) is 0 Å². The number of carbonyl (C=O) groups excluding carboxylic acids is 1. The van der Waals surface area contributed by atoms with Gasteiger partial charge in [0.2, 0.25) is 0 Å². The van der Waals surface area contributed by atoms with Crippen molar-refractivity contribution in [1.29, 1.82) is 0 Å². The molecule has 1 aliphatic heterocycles. The van der Waals surface area contributed by atoms with Crippen molar-refractivity contribution in [1.82, 2.24) is 15.1 Å². The van der Waals surface area contributed by atoms with Crippen molar-refractivity contribution in [3.63, 3.8) is 0 Å². The third kappa shape index (κ3) is 3.99. The molecule has 2 N–H and O–H groups in total. The number of likely N-dealkylation sites (N-methyl/N-ethyl adjacent to an activating group) is 1. The lowest BCUT2D eigenvalue weighted by molar-refractivity contribution is 0.215. The molecule has 144 valence electrons. The quantitative estimate of drug-likeness (QED) is 0.636. The molecule has 8 heteroatoms. The first-order chi connectivity index (χ1) is 13.5. The van der Waals surface area contributed by atoms with Crippen LogP contribution in [0.2, 0.25) is 10.0 Å². The number of nitrogens with one attached hydrogen (secondary N) is 2. The average Bonchev–Trinajstić information content (AvgIpc) is 3.15. The van der Waals surface area contributed by atoms with Crippen LogP contribution in [0, 0.1) is 0 Å². The standard InChI is InChI=1S/C20H18Cl2N4O2/c1-26-10-17(16-6-13(21)7-19(22)18(16)11-26)12-2-4-14(5-3-12)25-20(27)28-15-8-23-24-9-15/h2-9,17H,10-11H2,1H3,(H,23,24)(H,25,27). The van der Waals surface area contributed by atoms with Crippen LogP contribution in [0.25, 0.3) is 0 Å². The van der Waals surface area contributed by atoms with Crippen molar-refractivity contribution in [2.75, 3.05) is 18.9 Å². The summed E-state index contributed by atoms with van der Waals surface area (Å²) in [6.45, 7) is 1.65. The Morgan fingerprint density at radius 2 is 2.07 bits per heavy atom. The molecule has 2 heterocycles. The van der Waals surface area contributed by atoms with Gasteiger partial charge in [-0.3, -0.25) is 10.4 Å². The molecule has 28 heavy (non-hydrogen) atoms. The maximum absolute atomic E-state index is 11.9. The Labute approximate surface area is 172 Å². The van der Waals surface area contributed by atoms with Gasteiger partial charge in [-0.2, -0.15) is 5.10 Å². The van der Waals surface area contributed by atoms with Crippen LogP contribution >= 0.6 is 23.2 Å². The summed E-state index contributed by atoms with van der Waals surface area (Å²) in [7, 11) is 2.07. The minimum Gasteiger partial charge on any atom is -0.407 e. The van der Waals surface area contributed by atoms with Gasteiger partial charge in [0, 0.05) is 34.7 Å². The Morgan fingerprint density at radius 1 is 1.29 bits per heavy atom. The second kappa shape index (κ2) is 7.83. The van der Waals surface area contributed by atoms with Gasteiger partial charge in [0.1, 0.15) is 0 Å². The van der Waals surface area contributed by atoms with E-state index in [0.29, 0.717) is 21.5 Å². The van der Waals surface area contributed by atoms with E-state index in [1.54, 1.807) is 6.07 Å².